The van der Waals surface area contributed by atoms with Gasteiger partial charge in [-0.2, -0.15) is 5.10 Å². The summed E-state index contributed by atoms with van der Waals surface area (Å²) < 4.78 is 0. The summed E-state index contributed by atoms with van der Waals surface area (Å²) in [4.78, 5) is 0. The molecule has 0 aliphatic heterocycles. The van der Waals surface area contributed by atoms with Gasteiger partial charge in [0.15, 0.2) is 5.11 Å². The molecule has 3 nitrogen and oxygen atoms in total. The number of thiocarbonyl (C=S) groups is 1. The Labute approximate surface area is 108 Å². The van der Waals surface area contributed by atoms with Crippen molar-refractivity contribution >= 4 is 23.0 Å². The van der Waals surface area contributed by atoms with Gasteiger partial charge in [0.1, 0.15) is 0 Å². The Hall–Kier alpha value is -1.42. The van der Waals surface area contributed by atoms with Crippen molar-refractivity contribution in [2.75, 3.05) is 7.05 Å². The van der Waals surface area contributed by atoms with Crippen molar-refractivity contribution < 1.29 is 0 Å². The van der Waals surface area contributed by atoms with Gasteiger partial charge in [0.2, 0.25) is 0 Å². The van der Waals surface area contributed by atoms with Crippen LogP contribution in [0, 0.1) is 6.92 Å². The molecule has 0 unspecified atom stereocenters. The van der Waals surface area contributed by atoms with Crippen molar-refractivity contribution in [1.29, 1.82) is 0 Å². The molecule has 0 aliphatic carbocycles. The third-order valence-corrected chi connectivity index (χ3v) is 2.73. The van der Waals surface area contributed by atoms with Gasteiger partial charge < -0.3 is 5.32 Å². The van der Waals surface area contributed by atoms with Crippen LogP contribution in [-0.2, 0) is 6.42 Å². The van der Waals surface area contributed by atoms with Crippen LogP contribution in [0.2, 0.25) is 0 Å². The quantitative estimate of drug-likeness (QED) is 0.489. The van der Waals surface area contributed by atoms with Gasteiger partial charge in [-0.3, -0.25) is 5.43 Å². The van der Waals surface area contributed by atoms with Gasteiger partial charge in [0, 0.05) is 12.8 Å². The van der Waals surface area contributed by atoms with Crippen LogP contribution >= 0.6 is 12.2 Å². The largest absolute Gasteiger partial charge is 0.364 e. The lowest BCUT2D eigenvalue weighted by atomic mass is 10.1. The van der Waals surface area contributed by atoms with E-state index in [0.29, 0.717) is 5.11 Å². The molecule has 17 heavy (non-hydrogen) atoms. The maximum absolute atomic E-state index is 4.94. The van der Waals surface area contributed by atoms with Crippen molar-refractivity contribution in [3.63, 3.8) is 0 Å². The van der Waals surface area contributed by atoms with Crippen LogP contribution in [0.4, 0.5) is 0 Å². The molecule has 0 saturated carbocycles. The molecule has 2 N–H and O–H groups in total. The first-order valence-electron chi connectivity index (χ1n) is 5.68. The number of hydrogen-bond acceptors (Lipinski definition) is 2. The van der Waals surface area contributed by atoms with Crippen molar-refractivity contribution in [3.05, 3.63) is 35.4 Å². The summed E-state index contributed by atoms with van der Waals surface area (Å²) >= 11 is 4.94. The van der Waals surface area contributed by atoms with E-state index in [1.807, 2.05) is 6.92 Å². The van der Waals surface area contributed by atoms with E-state index < -0.39 is 0 Å². The number of nitrogens with one attached hydrogen (secondary N) is 2. The number of hydrogen-bond donors (Lipinski definition) is 2. The molecule has 0 atom stereocenters. The van der Waals surface area contributed by atoms with E-state index in [1.54, 1.807) is 7.05 Å². The molecule has 1 aromatic rings. The van der Waals surface area contributed by atoms with Gasteiger partial charge in [0.25, 0.3) is 0 Å². The van der Waals surface area contributed by atoms with E-state index in [4.69, 9.17) is 12.2 Å². The molecule has 0 heterocycles. The maximum atomic E-state index is 4.94. The zero-order valence-electron chi connectivity index (χ0n) is 10.6. The van der Waals surface area contributed by atoms with Gasteiger partial charge in [-0.1, -0.05) is 29.8 Å². The lowest BCUT2D eigenvalue weighted by Gasteiger charge is -2.04. The second-order valence-electron chi connectivity index (χ2n) is 4.03. The fraction of sp³-hybridized carbons (Fsp3) is 0.385. The Morgan fingerprint density at radius 2 is 2.18 bits per heavy atom. The normalized spacial score (nSPS) is 11.1. The molecule has 92 valence electrons. The van der Waals surface area contributed by atoms with E-state index in [-0.39, 0.29) is 0 Å². The Kier molecular flexibility index (Phi) is 5.63. The topological polar surface area (TPSA) is 36.4 Å². The standard InChI is InChI=1S/C13H19N3S/c1-10-5-4-6-12(9-10)8-7-11(2)15-16-13(17)14-3/h4-6,9H,7-8H2,1-3H3,(H2,14,16,17)/b15-11+. The second-order valence-corrected chi connectivity index (χ2v) is 4.44. The van der Waals surface area contributed by atoms with E-state index in [1.165, 1.54) is 11.1 Å². The first kappa shape index (κ1) is 13.6. The van der Waals surface area contributed by atoms with Crippen LogP contribution in [0.5, 0.6) is 0 Å². The van der Waals surface area contributed by atoms with Crippen molar-refractivity contribution in [2.24, 2.45) is 5.10 Å². The van der Waals surface area contributed by atoms with Crippen LogP contribution in [0.15, 0.2) is 29.4 Å². The average Bonchev–Trinajstić information content (AvgIpc) is 2.33. The van der Waals surface area contributed by atoms with Crippen molar-refractivity contribution in [1.82, 2.24) is 10.7 Å². The molecular weight excluding hydrogens is 230 g/mol. The maximum Gasteiger partial charge on any atom is 0.186 e. The molecule has 1 rings (SSSR count). The summed E-state index contributed by atoms with van der Waals surface area (Å²) in [6.45, 7) is 4.11. The summed E-state index contributed by atoms with van der Waals surface area (Å²) in [6.07, 6.45) is 1.94. The predicted octanol–water partition coefficient (Wildman–Crippen LogP) is 2.40. The van der Waals surface area contributed by atoms with E-state index in [2.05, 4.69) is 47.0 Å². The average molecular weight is 249 g/mol. The molecule has 0 aliphatic rings. The Bertz CT molecular complexity index is 413. The number of hydrazone groups is 1. The van der Waals surface area contributed by atoms with Gasteiger partial charge in [-0.15, -0.1) is 0 Å². The highest BCUT2D eigenvalue weighted by molar-refractivity contribution is 7.80. The van der Waals surface area contributed by atoms with Crippen LogP contribution in [-0.4, -0.2) is 17.9 Å². The Morgan fingerprint density at radius 1 is 1.41 bits per heavy atom. The van der Waals surface area contributed by atoms with Crippen molar-refractivity contribution in [3.8, 4) is 0 Å². The molecule has 0 radical (unpaired) electrons. The fourth-order valence-corrected chi connectivity index (χ4v) is 1.50. The highest BCUT2D eigenvalue weighted by Gasteiger charge is 1.97. The third kappa shape index (κ3) is 5.45. The predicted molar refractivity (Wildman–Crippen MR) is 77.4 cm³/mol. The molecule has 1 aromatic carbocycles. The van der Waals surface area contributed by atoms with E-state index in [0.717, 1.165) is 18.6 Å². The molecule has 4 heteroatoms. The molecule has 0 bridgehead atoms. The monoisotopic (exact) mass is 249 g/mol. The number of benzene rings is 1. The number of rotatable bonds is 4. The number of nitrogens with zero attached hydrogens (tertiary/aromatic N) is 1. The number of aryl methyl sites for hydroxylation is 2. The minimum Gasteiger partial charge on any atom is -0.364 e. The smallest absolute Gasteiger partial charge is 0.186 e. The second kappa shape index (κ2) is 7.01. The van der Waals surface area contributed by atoms with Gasteiger partial charge >= 0.3 is 0 Å². The molecular formula is C13H19N3S. The highest BCUT2D eigenvalue weighted by Crippen LogP contribution is 2.06. The zero-order valence-corrected chi connectivity index (χ0v) is 11.4. The van der Waals surface area contributed by atoms with E-state index in [9.17, 15) is 0 Å². The van der Waals surface area contributed by atoms with Crippen molar-refractivity contribution in [2.45, 2.75) is 26.7 Å². The lowest BCUT2D eigenvalue weighted by Crippen LogP contribution is -2.29. The lowest BCUT2D eigenvalue weighted by molar-refractivity contribution is 0.941. The van der Waals surface area contributed by atoms with Gasteiger partial charge in [-0.25, -0.2) is 0 Å². The molecule has 0 spiro atoms. The Morgan fingerprint density at radius 3 is 2.82 bits per heavy atom. The van der Waals surface area contributed by atoms with Crippen LogP contribution in [0.1, 0.15) is 24.5 Å². The van der Waals surface area contributed by atoms with Crippen LogP contribution in [0.25, 0.3) is 0 Å². The van der Waals surface area contributed by atoms with Gasteiger partial charge in [0.05, 0.1) is 0 Å². The first-order chi connectivity index (χ1) is 8.11. The van der Waals surface area contributed by atoms with Crippen LogP contribution < -0.4 is 10.7 Å². The highest BCUT2D eigenvalue weighted by atomic mass is 32.1. The minimum absolute atomic E-state index is 0.542. The minimum atomic E-state index is 0.542. The Balaban J connectivity index is 2.42. The molecule has 0 saturated heterocycles. The fourth-order valence-electron chi connectivity index (χ4n) is 1.45. The molecule has 0 fully saturated rings. The molecule has 0 aromatic heterocycles. The summed E-state index contributed by atoms with van der Waals surface area (Å²) in [7, 11) is 1.77. The first-order valence-corrected chi connectivity index (χ1v) is 6.09. The zero-order chi connectivity index (χ0) is 12.7. The van der Waals surface area contributed by atoms with E-state index >= 15 is 0 Å². The summed E-state index contributed by atoms with van der Waals surface area (Å²) in [5.74, 6) is 0. The third-order valence-electron chi connectivity index (χ3n) is 2.43. The SMILES string of the molecule is CNC(=S)N/N=C(\C)CCc1cccc(C)c1. The summed E-state index contributed by atoms with van der Waals surface area (Å²) in [5, 5.41) is 7.55. The van der Waals surface area contributed by atoms with Gasteiger partial charge in [-0.05, 0) is 44.5 Å². The summed E-state index contributed by atoms with van der Waals surface area (Å²) in [6, 6.07) is 8.55. The summed E-state index contributed by atoms with van der Waals surface area (Å²) in [5.41, 5.74) is 6.47. The van der Waals surface area contributed by atoms with Crippen LogP contribution in [0.3, 0.4) is 0 Å². The molecule has 0 amide bonds.